The first-order chi connectivity index (χ1) is 4.70. The fourth-order valence-corrected chi connectivity index (χ4v) is 0.454. The third kappa shape index (κ3) is 3.92. The zero-order valence-corrected chi connectivity index (χ0v) is 6.17. The highest BCUT2D eigenvalue weighted by Gasteiger charge is 1.84. The monoisotopic (exact) mass is 139 g/mol. The molecule has 0 atom stereocenters. The largest absolute Gasteiger partial charge is 0.399 e. The van der Waals surface area contributed by atoms with Gasteiger partial charge in [0, 0.05) is 5.70 Å². The van der Waals surface area contributed by atoms with Crippen LogP contribution in [0, 0.1) is 0 Å². The van der Waals surface area contributed by atoms with E-state index >= 15 is 0 Å². The van der Waals surface area contributed by atoms with E-state index in [-0.39, 0.29) is 6.61 Å². The van der Waals surface area contributed by atoms with Gasteiger partial charge in [-0.05, 0) is 18.6 Å². The van der Waals surface area contributed by atoms with E-state index in [0.717, 1.165) is 5.57 Å². The molecular formula is C8H13NO. The maximum atomic E-state index is 8.65. The lowest BCUT2D eigenvalue weighted by atomic mass is 10.2. The number of aliphatic hydroxyl groups excluding tert-OH is 1. The summed E-state index contributed by atoms with van der Waals surface area (Å²) in [6.07, 6.45) is 5.22. The van der Waals surface area contributed by atoms with Crippen LogP contribution >= 0.6 is 0 Å². The summed E-state index contributed by atoms with van der Waals surface area (Å²) in [5.74, 6) is 0. The van der Waals surface area contributed by atoms with Crippen LogP contribution in [-0.2, 0) is 0 Å². The van der Waals surface area contributed by atoms with E-state index in [2.05, 4.69) is 6.58 Å². The summed E-state index contributed by atoms with van der Waals surface area (Å²) in [4.78, 5) is 0. The fraction of sp³-hybridized carbons (Fsp3) is 0.250. The van der Waals surface area contributed by atoms with Crippen LogP contribution in [-0.4, -0.2) is 11.7 Å². The van der Waals surface area contributed by atoms with Crippen molar-refractivity contribution in [3.63, 3.8) is 0 Å². The molecule has 0 aromatic heterocycles. The molecule has 0 fully saturated rings. The van der Waals surface area contributed by atoms with Gasteiger partial charge < -0.3 is 10.8 Å². The van der Waals surface area contributed by atoms with Crippen molar-refractivity contribution in [2.45, 2.75) is 6.92 Å². The third-order valence-electron chi connectivity index (χ3n) is 1.06. The first-order valence-electron chi connectivity index (χ1n) is 3.09. The van der Waals surface area contributed by atoms with Gasteiger partial charge in [0.05, 0.1) is 6.61 Å². The smallest absolute Gasteiger partial charge is 0.0678 e. The summed E-state index contributed by atoms with van der Waals surface area (Å²) in [6.45, 7) is 5.38. The Balaban J connectivity index is 3.98. The molecule has 0 saturated carbocycles. The molecule has 0 aliphatic rings. The predicted molar refractivity (Wildman–Crippen MR) is 43.3 cm³/mol. The van der Waals surface area contributed by atoms with E-state index in [4.69, 9.17) is 10.8 Å². The van der Waals surface area contributed by atoms with Gasteiger partial charge in [0.15, 0.2) is 0 Å². The van der Waals surface area contributed by atoms with E-state index in [1.807, 2.05) is 13.0 Å². The number of rotatable bonds is 3. The highest BCUT2D eigenvalue weighted by Crippen LogP contribution is 1.95. The molecule has 3 N–H and O–H groups in total. The summed E-state index contributed by atoms with van der Waals surface area (Å²) in [5, 5.41) is 8.65. The van der Waals surface area contributed by atoms with E-state index in [9.17, 15) is 0 Å². The van der Waals surface area contributed by atoms with Crippen LogP contribution in [0.4, 0.5) is 0 Å². The SMILES string of the molecule is C=C(N)/C=C\C(=C/C)CO. The number of nitrogens with two attached hydrogens (primary N) is 1. The molecule has 0 unspecified atom stereocenters. The van der Waals surface area contributed by atoms with Crippen LogP contribution in [0.15, 0.2) is 36.1 Å². The normalized spacial score (nSPS) is 12.4. The average molecular weight is 139 g/mol. The van der Waals surface area contributed by atoms with E-state index in [1.54, 1.807) is 12.2 Å². The van der Waals surface area contributed by atoms with Crippen molar-refractivity contribution in [1.82, 2.24) is 0 Å². The zero-order chi connectivity index (χ0) is 7.98. The molecular weight excluding hydrogens is 126 g/mol. The lowest BCUT2D eigenvalue weighted by Gasteiger charge is -1.92. The maximum absolute atomic E-state index is 8.65. The molecule has 56 valence electrons. The quantitative estimate of drug-likeness (QED) is 0.572. The Hall–Kier alpha value is -1.02. The van der Waals surface area contributed by atoms with Gasteiger partial charge in [-0.1, -0.05) is 18.7 Å². The Bertz CT molecular complexity index is 168. The topological polar surface area (TPSA) is 46.2 Å². The van der Waals surface area contributed by atoms with Crippen LogP contribution < -0.4 is 5.73 Å². The molecule has 0 radical (unpaired) electrons. The molecule has 0 aromatic rings. The highest BCUT2D eigenvalue weighted by atomic mass is 16.3. The highest BCUT2D eigenvalue weighted by molar-refractivity contribution is 5.24. The fourth-order valence-electron chi connectivity index (χ4n) is 0.454. The molecule has 0 rings (SSSR count). The Morgan fingerprint density at radius 3 is 2.50 bits per heavy atom. The summed E-state index contributed by atoms with van der Waals surface area (Å²) in [7, 11) is 0. The van der Waals surface area contributed by atoms with Crippen molar-refractivity contribution in [3.8, 4) is 0 Å². The predicted octanol–water partition coefficient (Wildman–Crippen LogP) is 0.954. The summed E-state index contributed by atoms with van der Waals surface area (Å²) in [5.41, 5.74) is 6.59. The molecule has 2 nitrogen and oxygen atoms in total. The van der Waals surface area contributed by atoms with Gasteiger partial charge in [0.2, 0.25) is 0 Å². The Labute approximate surface area is 61.4 Å². The maximum Gasteiger partial charge on any atom is 0.0678 e. The number of hydrogen-bond acceptors (Lipinski definition) is 2. The van der Waals surface area contributed by atoms with Gasteiger partial charge in [-0.3, -0.25) is 0 Å². The minimum Gasteiger partial charge on any atom is -0.399 e. The lowest BCUT2D eigenvalue weighted by Crippen LogP contribution is -1.90. The first-order valence-corrected chi connectivity index (χ1v) is 3.09. The van der Waals surface area contributed by atoms with Gasteiger partial charge in [0.25, 0.3) is 0 Å². The van der Waals surface area contributed by atoms with Gasteiger partial charge >= 0.3 is 0 Å². The average Bonchev–Trinajstić information content (AvgIpc) is 1.90. The molecule has 0 bridgehead atoms. The van der Waals surface area contributed by atoms with Crippen molar-refractivity contribution in [2.75, 3.05) is 6.61 Å². The molecule has 0 aromatic carbocycles. The van der Waals surface area contributed by atoms with Crippen LogP contribution in [0.25, 0.3) is 0 Å². The minimum absolute atomic E-state index is 0.0419. The van der Waals surface area contributed by atoms with E-state index < -0.39 is 0 Å². The second-order valence-corrected chi connectivity index (χ2v) is 1.93. The Morgan fingerprint density at radius 2 is 2.20 bits per heavy atom. The first kappa shape index (κ1) is 8.98. The zero-order valence-electron chi connectivity index (χ0n) is 6.17. The second-order valence-electron chi connectivity index (χ2n) is 1.93. The molecule has 0 heterocycles. The molecule has 2 heteroatoms. The number of aliphatic hydroxyl groups is 1. The van der Waals surface area contributed by atoms with Gasteiger partial charge in [-0.15, -0.1) is 0 Å². The Kier molecular flexibility index (Phi) is 4.33. The molecule has 0 spiro atoms. The minimum atomic E-state index is 0.0419. The molecule has 0 saturated heterocycles. The summed E-state index contributed by atoms with van der Waals surface area (Å²) in [6, 6.07) is 0. The molecule has 0 amide bonds. The third-order valence-corrected chi connectivity index (χ3v) is 1.06. The van der Waals surface area contributed by atoms with Gasteiger partial charge in [0.1, 0.15) is 0 Å². The van der Waals surface area contributed by atoms with Crippen molar-refractivity contribution < 1.29 is 5.11 Å². The van der Waals surface area contributed by atoms with Gasteiger partial charge in [-0.2, -0.15) is 0 Å². The molecule has 0 aliphatic carbocycles. The molecule has 10 heavy (non-hydrogen) atoms. The van der Waals surface area contributed by atoms with Crippen molar-refractivity contribution in [2.24, 2.45) is 5.73 Å². The standard InChI is InChI=1S/C8H13NO/c1-3-8(6-10)5-4-7(2)9/h3-5,10H,2,6,9H2,1H3/b5-4-,8-3+. The van der Waals surface area contributed by atoms with E-state index in [0.29, 0.717) is 5.70 Å². The van der Waals surface area contributed by atoms with Gasteiger partial charge in [-0.25, -0.2) is 0 Å². The number of hydrogen-bond donors (Lipinski definition) is 2. The Morgan fingerprint density at radius 1 is 1.60 bits per heavy atom. The van der Waals surface area contributed by atoms with Crippen LogP contribution in [0.2, 0.25) is 0 Å². The van der Waals surface area contributed by atoms with Crippen LogP contribution in [0.3, 0.4) is 0 Å². The van der Waals surface area contributed by atoms with Crippen molar-refractivity contribution >= 4 is 0 Å². The summed E-state index contributed by atoms with van der Waals surface area (Å²) < 4.78 is 0. The van der Waals surface area contributed by atoms with Crippen molar-refractivity contribution in [3.05, 3.63) is 36.1 Å². The van der Waals surface area contributed by atoms with Crippen molar-refractivity contribution in [1.29, 1.82) is 0 Å². The lowest BCUT2D eigenvalue weighted by molar-refractivity contribution is 0.335. The van der Waals surface area contributed by atoms with E-state index in [1.165, 1.54) is 0 Å². The molecule has 0 aliphatic heterocycles. The van der Waals surface area contributed by atoms with Crippen LogP contribution in [0.5, 0.6) is 0 Å². The summed E-state index contributed by atoms with van der Waals surface area (Å²) >= 11 is 0. The van der Waals surface area contributed by atoms with Crippen LogP contribution in [0.1, 0.15) is 6.92 Å². The number of allylic oxidation sites excluding steroid dienone is 2. The second kappa shape index (κ2) is 4.82.